The largest absolute Gasteiger partial charge is 0.496 e. The van der Waals surface area contributed by atoms with Crippen LogP contribution in [-0.4, -0.2) is 24.8 Å². The van der Waals surface area contributed by atoms with E-state index in [1.807, 2.05) is 6.07 Å². The summed E-state index contributed by atoms with van der Waals surface area (Å²) in [6, 6.07) is 3.56. The van der Waals surface area contributed by atoms with Crippen LogP contribution in [0, 0.1) is 0 Å². The summed E-state index contributed by atoms with van der Waals surface area (Å²) < 4.78 is 10.6. The highest BCUT2D eigenvalue weighted by Crippen LogP contribution is 2.34. The second-order valence-corrected chi connectivity index (χ2v) is 7.11. The first kappa shape index (κ1) is 20.3. The fourth-order valence-electron chi connectivity index (χ4n) is 2.45. The maximum absolute atomic E-state index is 12.3. The van der Waals surface area contributed by atoms with Crippen LogP contribution in [0.5, 0.6) is 11.5 Å². The van der Waals surface area contributed by atoms with Crippen LogP contribution in [0.15, 0.2) is 12.1 Å². The summed E-state index contributed by atoms with van der Waals surface area (Å²) in [5.41, 5.74) is 0.912. The zero-order valence-corrected chi connectivity index (χ0v) is 16.5. The van der Waals surface area contributed by atoms with Crippen LogP contribution >= 0.6 is 27.5 Å². The van der Waals surface area contributed by atoms with Gasteiger partial charge in [-0.25, -0.2) is 0 Å². The second-order valence-electron chi connectivity index (χ2n) is 5.60. The molecule has 0 aromatic heterocycles. The van der Waals surface area contributed by atoms with Crippen molar-refractivity contribution >= 4 is 33.3 Å². The first-order valence-corrected chi connectivity index (χ1v) is 9.40. The van der Waals surface area contributed by atoms with Gasteiger partial charge in [0.1, 0.15) is 17.3 Å². The molecule has 23 heavy (non-hydrogen) atoms. The molecule has 0 N–H and O–H groups in total. The molecule has 0 saturated carbocycles. The van der Waals surface area contributed by atoms with Gasteiger partial charge in [0.2, 0.25) is 0 Å². The van der Waals surface area contributed by atoms with Crippen LogP contribution in [0.25, 0.3) is 0 Å². The van der Waals surface area contributed by atoms with E-state index in [-0.39, 0.29) is 10.6 Å². The lowest BCUT2D eigenvalue weighted by Crippen LogP contribution is -2.17. The number of Topliss-reactive ketones (excluding diaryl/α,β-unsaturated/α-hetero) is 1. The van der Waals surface area contributed by atoms with Gasteiger partial charge in [0.05, 0.1) is 24.1 Å². The van der Waals surface area contributed by atoms with Gasteiger partial charge in [0, 0.05) is 12.5 Å². The Balaban J connectivity index is 2.62. The maximum Gasteiger partial charge on any atom is 0.146 e. The molecule has 0 amide bonds. The zero-order valence-electron chi connectivity index (χ0n) is 14.2. The highest BCUT2D eigenvalue weighted by molar-refractivity contribution is 9.10. The number of carbonyl (C=O) groups excluding carboxylic acids is 1. The molecule has 130 valence electrons. The van der Waals surface area contributed by atoms with E-state index in [0.717, 1.165) is 18.4 Å². The fraction of sp³-hybridized carbons (Fsp3) is 0.611. The molecular formula is C18H26BrClO3. The Kier molecular flexibility index (Phi) is 9.65. The highest BCUT2D eigenvalue weighted by atomic mass is 79.9. The van der Waals surface area contributed by atoms with E-state index in [1.165, 1.54) is 19.3 Å². The average Bonchev–Trinajstić information content (AvgIpc) is 2.55. The quantitative estimate of drug-likeness (QED) is 0.355. The number of ether oxygens (including phenoxy) is 2. The fourth-order valence-corrected chi connectivity index (χ4v) is 3.26. The summed E-state index contributed by atoms with van der Waals surface area (Å²) in [4.78, 5) is 12.0. The molecule has 1 unspecified atom stereocenters. The third kappa shape index (κ3) is 6.72. The molecule has 5 heteroatoms. The highest BCUT2D eigenvalue weighted by Gasteiger charge is 2.19. The molecule has 0 fully saturated rings. The van der Waals surface area contributed by atoms with E-state index in [2.05, 4.69) is 22.9 Å². The molecule has 0 bridgehead atoms. The van der Waals surface area contributed by atoms with E-state index in [0.29, 0.717) is 29.4 Å². The third-order valence-electron chi connectivity index (χ3n) is 3.83. The van der Waals surface area contributed by atoms with Crippen molar-refractivity contribution in [3.63, 3.8) is 0 Å². The van der Waals surface area contributed by atoms with Crippen LogP contribution < -0.4 is 9.47 Å². The molecule has 0 saturated heterocycles. The molecule has 3 nitrogen and oxygen atoms in total. The molecule has 1 rings (SSSR count). The molecule has 1 atom stereocenters. The number of hydrogen-bond acceptors (Lipinski definition) is 3. The molecule has 1 aromatic carbocycles. The Morgan fingerprint density at radius 2 is 1.78 bits per heavy atom. The van der Waals surface area contributed by atoms with Crippen molar-refractivity contribution in [3.8, 4) is 11.5 Å². The van der Waals surface area contributed by atoms with E-state index < -0.39 is 0 Å². The SMILES string of the molecule is CCCCCCCC(=O)C(Br)Cc1cc(OC)c(Cl)cc1OC. The first-order valence-electron chi connectivity index (χ1n) is 8.10. The number of ketones is 1. The second kappa shape index (κ2) is 10.9. The van der Waals surface area contributed by atoms with Crippen LogP contribution in [0.2, 0.25) is 5.02 Å². The maximum atomic E-state index is 12.3. The number of methoxy groups -OCH3 is 2. The lowest BCUT2D eigenvalue weighted by Gasteiger charge is -2.14. The molecule has 0 radical (unpaired) electrons. The van der Waals surface area contributed by atoms with Gasteiger partial charge in [0.15, 0.2) is 0 Å². The summed E-state index contributed by atoms with van der Waals surface area (Å²) >= 11 is 9.62. The number of unbranched alkanes of at least 4 members (excludes halogenated alkanes) is 4. The Morgan fingerprint density at radius 3 is 2.39 bits per heavy atom. The van der Waals surface area contributed by atoms with Crippen LogP contribution in [0.3, 0.4) is 0 Å². The molecule has 1 aromatic rings. The number of hydrogen-bond donors (Lipinski definition) is 0. The minimum absolute atomic E-state index is 0.214. The van der Waals surface area contributed by atoms with Gasteiger partial charge in [-0.2, -0.15) is 0 Å². The Morgan fingerprint density at radius 1 is 1.13 bits per heavy atom. The van der Waals surface area contributed by atoms with Gasteiger partial charge in [0.25, 0.3) is 0 Å². The molecule has 0 aliphatic rings. The summed E-state index contributed by atoms with van der Waals surface area (Å²) in [5, 5.41) is 0.501. The van der Waals surface area contributed by atoms with E-state index in [4.69, 9.17) is 21.1 Å². The molecule has 0 aliphatic heterocycles. The molecular weight excluding hydrogens is 380 g/mol. The van der Waals surface area contributed by atoms with Crippen molar-refractivity contribution < 1.29 is 14.3 Å². The van der Waals surface area contributed by atoms with E-state index >= 15 is 0 Å². The lowest BCUT2D eigenvalue weighted by molar-refractivity contribution is -0.118. The number of carbonyl (C=O) groups is 1. The summed E-state index contributed by atoms with van der Waals surface area (Å²) in [5.74, 6) is 1.50. The van der Waals surface area contributed by atoms with Gasteiger partial charge in [-0.15, -0.1) is 0 Å². The Labute approximate surface area is 152 Å². The average molecular weight is 406 g/mol. The van der Waals surface area contributed by atoms with Crippen molar-refractivity contribution in [2.45, 2.75) is 56.7 Å². The molecule has 0 spiro atoms. The minimum Gasteiger partial charge on any atom is -0.496 e. The van der Waals surface area contributed by atoms with Gasteiger partial charge in [-0.3, -0.25) is 4.79 Å². The van der Waals surface area contributed by atoms with Gasteiger partial charge >= 0.3 is 0 Å². The monoisotopic (exact) mass is 404 g/mol. The predicted molar refractivity (Wildman–Crippen MR) is 99.4 cm³/mol. The Hall–Kier alpha value is -0.740. The van der Waals surface area contributed by atoms with Crippen molar-refractivity contribution in [2.75, 3.05) is 14.2 Å². The number of rotatable bonds is 11. The van der Waals surface area contributed by atoms with Gasteiger partial charge in [-0.1, -0.05) is 60.1 Å². The molecule has 0 aliphatic carbocycles. The number of benzene rings is 1. The van der Waals surface area contributed by atoms with Crippen LogP contribution in [0.1, 0.15) is 51.0 Å². The predicted octanol–water partition coefficient (Wildman–Crippen LogP) is 5.59. The lowest BCUT2D eigenvalue weighted by atomic mass is 10.0. The van der Waals surface area contributed by atoms with Crippen molar-refractivity contribution in [3.05, 3.63) is 22.7 Å². The van der Waals surface area contributed by atoms with E-state index in [1.54, 1.807) is 20.3 Å². The normalized spacial score (nSPS) is 12.0. The van der Waals surface area contributed by atoms with E-state index in [9.17, 15) is 4.79 Å². The van der Waals surface area contributed by atoms with Crippen molar-refractivity contribution in [2.24, 2.45) is 0 Å². The third-order valence-corrected chi connectivity index (χ3v) is 4.96. The number of alkyl halides is 1. The minimum atomic E-state index is -0.214. The first-order chi connectivity index (χ1) is 11.0. The van der Waals surface area contributed by atoms with Gasteiger partial charge in [-0.05, 0) is 24.5 Å². The topological polar surface area (TPSA) is 35.5 Å². The zero-order chi connectivity index (χ0) is 17.2. The van der Waals surface area contributed by atoms with Crippen LogP contribution in [0.4, 0.5) is 0 Å². The number of halogens is 2. The smallest absolute Gasteiger partial charge is 0.146 e. The van der Waals surface area contributed by atoms with Crippen molar-refractivity contribution in [1.29, 1.82) is 0 Å². The standard InChI is InChI=1S/C18H26BrClO3/c1-4-5-6-7-8-9-16(21)14(19)10-13-11-18(23-3)15(20)12-17(13)22-2/h11-12,14H,4-10H2,1-3H3. The van der Waals surface area contributed by atoms with Crippen LogP contribution in [-0.2, 0) is 11.2 Å². The summed E-state index contributed by atoms with van der Waals surface area (Å²) in [6.45, 7) is 2.19. The molecule has 0 heterocycles. The summed E-state index contributed by atoms with van der Waals surface area (Å²) in [6.07, 6.45) is 6.93. The van der Waals surface area contributed by atoms with Gasteiger partial charge < -0.3 is 9.47 Å². The Bertz CT molecular complexity index is 505. The summed E-state index contributed by atoms with van der Waals surface area (Å²) in [7, 11) is 3.17. The van der Waals surface area contributed by atoms with Crippen molar-refractivity contribution in [1.82, 2.24) is 0 Å².